The van der Waals surface area contributed by atoms with Gasteiger partial charge in [-0.05, 0) is 24.3 Å². The van der Waals surface area contributed by atoms with E-state index in [0.717, 1.165) is 12.1 Å². The number of alkyl halides is 3. The van der Waals surface area contributed by atoms with Gasteiger partial charge < -0.3 is 10.4 Å². The van der Waals surface area contributed by atoms with Gasteiger partial charge in [0.25, 0.3) is 0 Å². The van der Waals surface area contributed by atoms with Crippen LogP contribution in [0.25, 0.3) is 0 Å². The second-order valence-corrected chi connectivity index (χ2v) is 4.12. The second kappa shape index (κ2) is 5.78. The first-order valence-electron chi connectivity index (χ1n) is 5.81. The first-order valence-corrected chi connectivity index (χ1v) is 5.81. The zero-order chi connectivity index (χ0) is 15.5. The molecule has 0 aliphatic heterocycles. The maximum absolute atomic E-state index is 12.8. The van der Waals surface area contributed by atoms with Crippen molar-refractivity contribution >= 4 is 11.7 Å². The Labute approximate surface area is 117 Å². The number of rotatable bonds is 4. The highest BCUT2D eigenvalue weighted by Gasteiger charge is 2.35. The van der Waals surface area contributed by atoms with Crippen LogP contribution in [0.3, 0.4) is 0 Å². The molecule has 0 amide bonds. The highest BCUT2D eigenvalue weighted by atomic mass is 19.4. The van der Waals surface area contributed by atoms with Crippen molar-refractivity contribution in [1.29, 1.82) is 0 Å². The maximum atomic E-state index is 12.8. The average molecular weight is 297 g/mol. The van der Waals surface area contributed by atoms with Gasteiger partial charge in [-0.25, -0.2) is 14.8 Å². The summed E-state index contributed by atoms with van der Waals surface area (Å²) >= 11 is 0. The molecule has 5 nitrogen and oxygen atoms in total. The van der Waals surface area contributed by atoms with Crippen LogP contribution in [-0.4, -0.2) is 21.0 Å². The van der Waals surface area contributed by atoms with Crippen molar-refractivity contribution in [2.75, 3.05) is 5.32 Å². The van der Waals surface area contributed by atoms with Gasteiger partial charge in [0, 0.05) is 11.9 Å². The molecule has 2 N–H and O–H groups in total. The van der Waals surface area contributed by atoms with Crippen molar-refractivity contribution in [2.45, 2.75) is 12.7 Å². The van der Waals surface area contributed by atoms with Gasteiger partial charge in [0.05, 0.1) is 23.4 Å². The topological polar surface area (TPSA) is 75.1 Å². The number of aromatic carboxylic acids is 1. The van der Waals surface area contributed by atoms with E-state index in [1.807, 2.05) is 0 Å². The summed E-state index contributed by atoms with van der Waals surface area (Å²) in [5.74, 6) is -1.62. The summed E-state index contributed by atoms with van der Waals surface area (Å²) in [6, 6.07) is 4.58. The molecule has 2 rings (SSSR count). The van der Waals surface area contributed by atoms with Crippen molar-refractivity contribution in [3.63, 3.8) is 0 Å². The molecule has 1 aromatic carbocycles. The molecule has 1 aromatic heterocycles. The zero-order valence-corrected chi connectivity index (χ0v) is 10.6. The van der Waals surface area contributed by atoms with Gasteiger partial charge in [-0.1, -0.05) is 0 Å². The Kier molecular flexibility index (Phi) is 4.06. The molecular weight excluding hydrogens is 287 g/mol. The van der Waals surface area contributed by atoms with E-state index in [4.69, 9.17) is 5.11 Å². The molecule has 2 aromatic rings. The van der Waals surface area contributed by atoms with Crippen LogP contribution in [0.1, 0.15) is 21.6 Å². The van der Waals surface area contributed by atoms with Crippen molar-refractivity contribution in [3.8, 4) is 0 Å². The van der Waals surface area contributed by atoms with E-state index in [2.05, 4.69) is 15.3 Å². The minimum atomic E-state index is -4.74. The van der Waals surface area contributed by atoms with Crippen LogP contribution in [0.4, 0.5) is 18.9 Å². The summed E-state index contributed by atoms with van der Waals surface area (Å²) in [4.78, 5) is 18.5. The van der Waals surface area contributed by atoms with E-state index in [9.17, 15) is 18.0 Å². The highest BCUT2D eigenvalue weighted by molar-refractivity contribution is 5.90. The van der Waals surface area contributed by atoms with Gasteiger partial charge in [0.1, 0.15) is 6.33 Å². The van der Waals surface area contributed by atoms with Gasteiger partial charge in [-0.3, -0.25) is 0 Å². The van der Waals surface area contributed by atoms with Gasteiger partial charge in [0.15, 0.2) is 0 Å². The first-order chi connectivity index (χ1) is 9.88. The summed E-state index contributed by atoms with van der Waals surface area (Å²) in [7, 11) is 0. The Morgan fingerprint density at radius 3 is 2.62 bits per heavy atom. The molecule has 0 aliphatic rings. The fraction of sp³-hybridized carbons (Fsp3) is 0.154. The molecule has 0 radical (unpaired) electrons. The second-order valence-electron chi connectivity index (χ2n) is 4.12. The molecule has 0 saturated carbocycles. The lowest BCUT2D eigenvalue weighted by atomic mass is 10.1. The number of carboxylic acid groups (broad SMARTS) is 1. The van der Waals surface area contributed by atoms with E-state index in [1.165, 1.54) is 18.6 Å². The number of anilines is 1. The average Bonchev–Trinajstić information content (AvgIpc) is 2.45. The van der Waals surface area contributed by atoms with Crippen LogP contribution in [-0.2, 0) is 12.7 Å². The van der Waals surface area contributed by atoms with E-state index in [-0.39, 0.29) is 12.2 Å². The molecule has 0 saturated heterocycles. The van der Waals surface area contributed by atoms with E-state index < -0.39 is 23.3 Å². The molecule has 110 valence electrons. The molecule has 0 spiro atoms. The van der Waals surface area contributed by atoms with Gasteiger partial charge in [0.2, 0.25) is 0 Å². The van der Waals surface area contributed by atoms with Crippen molar-refractivity contribution < 1.29 is 23.1 Å². The summed E-state index contributed by atoms with van der Waals surface area (Å²) in [5.41, 5.74) is -1.22. The lowest BCUT2D eigenvalue weighted by Gasteiger charge is -2.13. The zero-order valence-electron chi connectivity index (χ0n) is 10.6. The Hall–Kier alpha value is -2.64. The third-order valence-corrected chi connectivity index (χ3v) is 2.67. The molecule has 0 bridgehead atoms. The van der Waals surface area contributed by atoms with Crippen LogP contribution in [0.15, 0.2) is 36.8 Å². The molecule has 1 heterocycles. The van der Waals surface area contributed by atoms with Gasteiger partial charge in [-0.2, -0.15) is 13.2 Å². The van der Waals surface area contributed by atoms with E-state index in [1.54, 1.807) is 6.07 Å². The number of benzene rings is 1. The predicted octanol–water partition coefficient (Wildman–Crippen LogP) is 2.81. The predicted molar refractivity (Wildman–Crippen MR) is 67.8 cm³/mol. The van der Waals surface area contributed by atoms with E-state index in [0.29, 0.717) is 5.69 Å². The quantitative estimate of drug-likeness (QED) is 0.907. The molecule has 21 heavy (non-hydrogen) atoms. The summed E-state index contributed by atoms with van der Waals surface area (Å²) in [6.45, 7) is 0.201. The van der Waals surface area contributed by atoms with E-state index >= 15 is 0 Å². The van der Waals surface area contributed by atoms with Crippen LogP contribution in [0, 0.1) is 0 Å². The SMILES string of the molecule is O=C(O)c1ccc(NCc2ccncn2)cc1C(F)(F)F. The lowest BCUT2D eigenvalue weighted by molar-refractivity contribution is -0.138. The minimum absolute atomic E-state index is 0.158. The number of carbonyl (C=O) groups is 1. The molecular formula is C13H10F3N3O2. The van der Waals surface area contributed by atoms with Crippen LogP contribution in [0.2, 0.25) is 0 Å². The van der Waals surface area contributed by atoms with Gasteiger partial charge >= 0.3 is 12.1 Å². The van der Waals surface area contributed by atoms with Crippen LogP contribution in [0.5, 0.6) is 0 Å². The summed E-state index contributed by atoms with van der Waals surface area (Å²) in [5, 5.41) is 11.5. The Morgan fingerprint density at radius 1 is 1.29 bits per heavy atom. The number of aromatic nitrogens is 2. The Balaban J connectivity index is 2.24. The van der Waals surface area contributed by atoms with Crippen molar-refractivity contribution in [3.05, 3.63) is 53.6 Å². The number of hydrogen-bond donors (Lipinski definition) is 2. The monoisotopic (exact) mass is 297 g/mol. The molecule has 0 atom stereocenters. The fourth-order valence-electron chi connectivity index (χ4n) is 1.69. The number of nitrogens with zero attached hydrogens (tertiary/aromatic N) is 2. The van der Waals surface area contributed by atoms with Crippen molar-refractivity contribution in [2.24, 2.45) is 0 Å². The van der Waals surface area contributed by atoms with Crippen LogP contribution < -0.4 is 5.32 Å². The smallest absolute Gasteiger partial charge is 0.417 e. The largest absolute Gasteiger partial charge is 0.478 e. The number of halogens is 3. The number of carboxylic acids is 1. The molecule has 0 fully saturated rings. The van der Waals surface area contributed by atoms with Crippen LogP contribution >= 0.6 is 0 Å². The fourth-order valence-corrected chi connectivity index (χ4v) is 1.69. The highest BCUT2D eigenvalue weighted by Crippen LogP contribution is 2.33. The molecule has 0 aliphatic carbocycles. The lowest BCUT2D eigenvalue weighted by Crippen LogP contribution is -2.13. The third kappa shape index (κ3) is 3.68. The van der Waals surface area contributed by atoms with Crippen molar-refractivity contribution in [1.82, 2.24) is 9.97 Å². The number of hydrogen-bond acceptors (Lipinski definition) is 4. The first kappa shape index (κ1) is 14.8. The third-order valence-electron chi connectivity index (χ3n) is 2.67. The Morgan fingerprint density at radius 2 is 2.05 bits per heavy atom. The molecule has 0 unspecified atom stereocenters. The maximum Gasteiger partial charge on any atom is 0.417 e. The normalized spacial score (nSPS) is 11.2. The van der Waals surface area contributed by atoms with Gasteiger partial charge in [-0.15, -0.1) is 0 Å². The number of nitrogens with one attached hydrogen (secondary N) is 1. The Bertz CT molecular complexity index is 645. The summed E-state index contributed by atoms with van der Waals surface area (Å²) in [6.07, 6.45) is -1.90. The standard InChI is InChI=1S/C13H10F3N3O2/c14-13(15,16)11-5-8(1-2-10(11)12(20)21)18-6-9-3-4-17-7-19-9/h1-5,7,18H,6H2,(H,20,21). The summed E-state index contributed by atoms with van der Waals surface area (Å²) < 4.78 is 38.5. The minimum Gasteiger partial charge on any atom is -0.478 e. The molecule has 8 heteroatoms.